The number of aromatic hydroxyl groups is 1. The van der Waals surface area contributed by atoms with Crippen LogP contribution in [0.5, 0.6) is 5.75 Å². The summed E-state index contributed by atoms with van der Waals surface area (Å²) >= 11 is 0. The van der Waals surface area contributed by atoms with Gasteiger partial charge < -0.3 is 10.8 Å². The SMILES string of the molecule is Nc1cc(C#Cc2ccncc2)n2cc(-c3ccccc3O)nc2n1. The number of anilines is 1. The Hall–Kier alpha value is -3.85. The number of rotatable bonds is 1. The molecule has 3 N–H and O–H groups in total. The Morgan fingerprint density at radius 1 is 1.00 bits per heavy atom. The number of fused-ring (bicyclic) bond motifs is 1. The summed E-state index contributed by atoms with van der Waals surface area (Å²) in [7, 11) is 0. The summed E-state index contributed by atoms with van der Waals surface area (Å²) in [5.41, 5.74) is 8.61. The highest BCUT2D eigenvalue weighted by molar-refractivity contribution is 5.68. The maximum Gasteiger partial charge on any atom is 0.237 e. The molecule has 0 aliphatic rings. The fraction of sp³-hybridized carbons (Fsp3) is 0. The van der Waals surface area contributed by atoms with Crippen molar-refractivity contribution in [3.05, 3.63) is 72.3 Å². The average Bonchev–Trinajstić information content (AvgIpc) is 3.04. The highest BCUT2D eigenvalue weighted by Gasteiger charge is 2.11. The number of nitrogens with two attached hydrogens (primary N) is 1. The van der Waals surface area contributed by atoms with Crippen molar-refractivity contribution in [2.45, 2.75) is 0 Å². The van der Waals surface area contributed by atoms with E-state index in [0.29, 0.717) is 28.5 Å². The molecular weight excluding hydrogens is 314 g/mol. The predicted octanol–water partition coefficient (Wildman–Crippen LogP) is 2.48. The summed E-state index contributed by atoms with van der Waals surface area (Å²) in [6.07, 6.45) is 5.16. The minimum atomic E-state index is 0.156. The minimum Gasteiger partial charge on any atom is -0.507 e. The number of hydrogen-bond acceptors (Lipinski definition) is 5. The van der Waals surface area contributed by atoms with Crippen molar-refractivity contribution in [3.8, 4) is 28.8 Å². The number of pyridine rings is 1. The summed E-state index contributed by atoms with van der Waals surface area (Å²) in [6, 6.07) is 12.4. The number of aromatic nitrogens is 4. The van der Waals surface area contributed by atoms with E-state index in [1.165, 1.54) is 0 Å². The van der Waals surface area contributed by atoms with Crippen LogP contribution in [-0.4, -0.2) is 24.5 Å². The Balaban J connectivity index is 1.86. The molecule has 0 spiro atoms. The standard InChI is InChI=1S/C19H13N5O/c20-18-11-14(6-5-13-7-9-21-10-8-13)24-12-16(22-19(24)23-18)15-3-1-2-4-17(15)25/h1-4,7-12,25H,(H2,20,22,23). The summed E-state index contributed by atoms with van der Waals surface area (Å²) < 4.78 is 1.76. The van der Waals surface area contributed by atoms with E-state index in [9.17, 15) is 5.11 Å². The van der Waals surface area contributed by atoms with Crippen LogP contribution >= 0.6 is 0 Å². The molecule has 3 aromatic heterocycles. The molecule has 120 valence electrons. The van der Waals surface area contributed by atoms with Gasteiger partial charge in [0.25, 0.3) is 0 Å². The van der Waals surface area contributed by atoms with Gasteiger partial charge in [0.15, 0.2) is 0 Å². The third-order valence-corrected chi connectivity index (χ3v) is 3.66. The first-order chi connectivity index (χ1) is 12.2. The van der Waals surface area contributed by atoms with E-state index in [2.05, 4.69) is 26.8 Å². The van der Waals surface area contributed by atoms with Crippen molar-refractivity contribution >= 4 is 11.6 Å². The van der Waals surface area contributed by atoms with Crippen molar-refractivity contribution in [2.75, 3.05) is 5.73 Å². The maximum atomic E-state index is 10.0. The molecule has 0 bridgehead atoms. The highest BCUT2D eigenvalue weighted by atomic mass is 16.3. The molecule has 0 atom stereocenters. The summed E-state index contributed by atoms with van der Waals surface area (Å²) in [5, 5.41) is 10.0. The largest absolute Gasteiger partial charge is 0.507 e. The molecule has 0 unspecified atom stereocenters. The molecule has 4 rings (SSSR count). The molecule has 6 heteroatoms. The average molecular weight is 327 g/mol. The third-order valence-electron chi connectivity index (χ3n) is 3.66. The second-order valence-electron chi connectivity index (χ2n) is 5.37. The number of nitrogen functional groups attached to an aromatic ring is 1. The lowest BCUT2D eigenvalue weighted by molar-refractivity contribution is 0.477. The maximum absolute atomic E-state index is 10.0. The van der Waals surface area contributed by atoms with Crippen molar-refractivity contribution < 1.29 is 5.11 Å². The Morgan fingerprint density at radius 2 is 1.80 bits per heavy atom. The summed E-state index contributed by atoms with van der Waals surface area (Å²) in [5.74, 6) is 7.07. The van der Waals surface area contributed by atoms with Gasteiger partial charge in [0.2, 0.25) is 5.78 Å². The van der Waals surface area contributed by atoms with E-state index in [0.717, 1.165) is 5.56 Å². The predicted molar refractivity (Wildman–Crippen MR) is 94.7 cm³/mol. The molecule has 0 amide bonds. The first kappa shape index (κ1) is 14.7. The molecule has 3 heterocycles. The summed E-state index contributed by atoms with van der Waals surface area (Å²) in [4.78, 5) is 12.7. The first-order valence-corrected chi connectivity index (χ1v) is 7.57. The molecular formula is C19H13N5O. The van der Waals surface area contributed by atoms with Crippen LogP contribution in [-0.2, 0) is 0 Å². The number of benzene rings is 1. The van der Waals surface area contributed by atoms with E-state index in [4.69, 9.17) is 5.73 Å². The zero-order valence-electron chi connectivity index (χ0n) is 13.1. The molecule has 4 aromatic rings. The van der Waals surface area contributed by atoms with Gasteiger partial charge in [-0.3, -0.25) is 9.38 Å². The van der Waals surface area contributed by atoms with Crippen LogP contribution < -0.4 is 5.73 Å². The Morgan fingerprint density at radius 3 is 2.60 bits per heavy atom. The van der Waals surface area contributed by atoms with E-state index in [1.54, 1.807) is 47.3 Å². The number of phenolic OH excluding ortho intramolecular Hbond substituents is 1. The van der Waals surface area contributed by atoms with Gasteiger partial charge in [-0.1, -0.05) is 18.1 Å². The second-order valence-corrected chi connectivity index (χ2v) is 5.37. The fourth-order valence-electron chi connectivity index (χ4n) is 2.47. The van der Waals surface area contributed by atoms with Gasteiger partial charge in [-0.05, 0) is 30.2 Å². The van der Waals surface area contributed by atoms with Crippen LogP contribution in [0.25, 0.3) is 17.0 Å². The van der Waals surface area contributed by atoms with Crippen molar-refractivity contribution in [1.29, 1.82) is 0 Å². The molecule has 0 radical (unpaired) electrons. The number of nitrogens with zero attached hydrogens (tertiary/aromatic N) is 4. The second kappa shape index (κ2) is 5.98. The van der Waals surface area contributed by atoms with Gasteiger partial charge in [0, 0.05) is 35.8 Å². The fourth-order valence-corrected chi connectivity index (χ4v) is 2.47. The van der Waals surface area contributed by atoms with Gasteiger partial charge in [-0.15, -0.1) is 0 Å². The molecule has 0 saturated carbocycles. The molecule has 6 nitrogen and oxygen atoms in total. The number of para-hydroxylation sites is 1. The number of phenols is 1. The zero-order chi connectivity index (χ0) is 17.2. The van der Waals surface area contributed by atoms with Crippen molar-refractivity contribution in [2.24, 2.45) is 0 Å². The molecule has 0 fully saturated rings. The quantitative estimate of drug-likeness (QED) is 0.524. The van der Waals surface area contributed by atoms with Crippen LogP contribution in [0, 0.1) is 11.8 Å². The van der Waals surface area contributed by atoms with Gasteiger partial charge in [0.05, 0.1) is 5.69 Å². The van der Waals surface area contributed by atoms with Crippen LogP contribution in [0.15, 0.2) is 61.1 Å². The smallest absolute Gasteiger partial charge is 0.237 e. The minimum absolute atomic E-state index is 0.156. The van der Waals surface area contributed by atoms with Crippen LogP contribution in [0.4, 0.5) is 5.82 Å². The lowest BCUT2D eigenvalue weighted by Gasteiger charge is -1.99. The lowest BCUT2D eigenvalue weighted by Crippen LogP contribution is -1.99. The van der Waals surface area contributed by atoms with Crippen molar-refractivity contribution in [3.63, 3.8) is 0 Å². The number of hydrogen-bond donors (Lipinski definition) is 2. The van der Waals surface area contributed by atoms with E-state index in [1.807, 2.05) is 18.2 Å². The van der Waals surface area contributed by atoms with Crippen molar-refractivity contribution in [1.82, 2.24) is 19.4 Å². The lowest BCUT2D eigenvalue weighted by atomic mass is 10.1. The van der Waals surface area contributed by atoms with E-state index >= 15 is 0 Å². The number of imidazole rings is 1. The highest BCUT2D eigenvalue weighted by Crippen LogP contribution is 2.28. The zero-order valence-corrected chi connectivity index (χ0v) is 13.1. The van der Waals surface area contributed by atoms with Crippen LogP contribution in [0.3, 0.4) is 0 Å². The third kappa shape index (κ3) is 2.86. The molecule has 0 saturated heterocycles. The van der Waals surface area contributed by atoms with Gasteiger partial charge in [-0.2, -0.15) is 4.98 Å². The first-order valence-electron chi connectivity index (χ1n) is 7.57. The molecule has 1 aromatic carbocycles. The van der Waals surface area contributed by atoms with E-state index in [-0.39, 0.29) is 5.75 Å². The Labute approximate surface area is 143 Å². The Kier molecular flexibility index (Phi) is 3.52. The van der Waals surface area contributed by atoms with Gasteiger partial charge in [-0.25, -0.2) is 4.98 Å². The van der Waals surface area contributed by atoms with Crippen LogP contribution in [0.2, 0.25) is 0 Å². The molecule has 0 aliphatic heterocycles. The molecule has 25 heavy (non-hydrogen) atoms. The Bertz CT molecular complexity index is 1120. The van der Waals surface area contributed by atoms with Gasteiger partial charge in [0.1, 0.15) is 17.3 Å². The topological polar surface area (TPSA) is 89.3 Å². The van der Waals surface area contributed by atoms with E-state index < -0.39 is 0 Å². The van der Waals surface area contributed by atoms with Crippen LogP contribution in [0.1, 0.15) is 11.3 Å². The normalized spacial score (nSPS) is 10.4. The summed E-state index contributed by atoms with van der Waals surface area (Å²) in [6.45, 7) is 0. The molecule has 0 aliphatic carbocycles. The van der Waals surface area contributed by atoms with Gasteiger partial charge >= 0.3 is 0 Å². The monoisotopic (exact) mass is 327 g/mol.